The lowest BCUT2D eigenvalue weighted by Gasteiger charge is -2.38. The van der Waals surface area contributed by atoms with E-state index in [1.807, 2.05) is 52.9 Å². The molecule has 2 heterocycles. The fourth-order valence-electron chi connectivity index (χ4n) is 3.81. The molecule has 0 bridgehead atoms. The highest BCUT2D eigenvalue weighted by atomic mass is 16.2. The maximum atomic E-state index is 13.0. The number of carbonyl (C=O) groups is 1. The largest absolute Gasteiger partial charge is 0.341 e. The summed E-state index contributed by atoms with van der Waals surface area (Å²) in [6.07, 6.45) is 4.98. The smallest absolute Gasteiger partial charge is 0.245 e. The Kier molecular flexibility index (Phi) is 5.13. The standard InChI is InChI=1S/C21H26N4O/c1-16(2)19-23-11-14-25(19)17(3)20(26)24-12-9-21(15-22,10-13-24)18-7-5-4-6-8-18/h4-8,11,14,16-17H,9-10,12-13H2,1-3H3. The molecule has 1 atom stereocenters. The van der Waals surface area contributed by atoms with E-state index in [1.165, 1.54) is 0 Å². The first-order valence-corrected chi connectivity index (χ1v) is 9.27. The van der Waals surface area contributed by atoms with Gasteiger partial charge in [0, 0.05) is 31.4 Å². The number of piperidine rings is 1. The molecule has 1 aromatic heterocycles. The molecule has 3 rings (SSSR count). The van der Waals surface area contributed by atoms with Crippen LogP contribution in [0.15, 0.2) is 42.7 Å². The zero-order valence-corrected chi connectivity index (χ0v) is 15.7. The van der Waals surface area contributed by atoms with Crippen LogP contribution in [0.2, 0.25) is 0 Å². The molecule has 1 aliphatic rings. The van der Waals surface area contributed by atoms with Crippen molar-refractivity contribution < 1.29 is 4.79 Å². The molecule has 1 aromatic carbocycles. The molecule has 1 aliphatic heterocycles. The third kappa shape index (κ3) is 3.24. The number of hydrogen-bond donors (Lipinski definition) is 0. The number of rotatable bonds is 4. The zero-order chi connectivity index (χ0) is 18.7. The molecule has 1 fully saturated rings. The van der Waals surface area contributed by atoms with E-state index in [2.05, 4.69) is 24.9 Å². The number of nitriles is 1. The van der Waals surface area contributed by atoms with Crippen LogP contribution in [0.4, 0.5) is 0 Å². The average Bonchev–Trinajstić information content (AvgIpc) is 3.18. The lowest BCUT2D eigenvalue weighted by atomic mass is 9.74. The van der Waals surface area contributed by atoms with Crippen LogP contribution in [0.3, 0.4) is 0 Å². The summed E-state index contributed by atoms with van der Waals surface area (Å²) in [7, 11) is 0. The van der Waals surface area contributed by atoms with Crippen LogP contribution in [-0.4, -0.2) is 33.4 Å². The van der Waals surface area contributed by atoms with Crippen molar-refractivity contribution in [3.63, 3.8) is 0 Å². The van der Waals surface area contributed by atoms with Crippen LogP contribution in [0.1, 0.15) is 57.0 Å². The summed E-state index contributed by atoms with van der Waals surface area (Å²) >= 11 is 0. The minimum atomic E-state index is -0.487. The zero-order valence-electron chi connectivity index (χ0n) is 15.7. The number of hydrogen-bond acceptors (Lipinski definition) is 3. The van der Waals surface area contributed by atoms with E-state index < -0.39 is 5.41 Å². The van der Waals surface area contributed by atoms with Gasteiger partial charge in [-0.2, -0.15) is 5.26 Å². The summed E-state index contributed by atoms with van der Waals surface area (Å²) in [4.78, 5) is 19.3. The van der Waals surface area contributed by atoms with E-state index in [1.54, 1.807) is 6.20 Å². The van der Waals surface area contributed by atoms with Crippen LogP contribution < -0.4 is 0 Å². The number of carbonyl (C=O) groups excluding carboxylic acids is 1. The molecule has 0 spiro atoms. The Morgan fingerprint density at radius 3 is 2.42 bits per heavy atom. The van der Waals surface area contributed by atoms with Crippen molar-refractivity contribution in [3.8, 4) is 6.07 Å². The first-order valence-electron chi connectivity index (χ1n) is 9.27. The van der Waals surface area contributed by atoms with E-state index in [-0.39, 0.29) is 17.9 Å². The van der Waals surface area contributed by atoms with Crippen molar-refractivity contribution in [2.45, 2.75) is 51.0 Å². The number of amides is 1. The number of imidazole rings is 1. The van der Waals surface area contributed by atoms with Gasteiger partial charge in [0.2, 0.25) is 5.91 Å². The van der Waals surface area contributed by atoms with Gasteiger partial charge in [0.15, 0.2) is 0 Å². The van der Waals surface area contributed by atoms with Gasteiger partial charge in [0.25, 0.3) is 0 Å². The molecule has 136 valence electrons. The predicted molar refractivity (Wildman–Crippen MR) is 101 cm³/mol. The van der Waals surface area contributed by atoms with Crippen molar-refractivity contribution in [3.05, 3.63) is 54.1 Å². The molecule has 26 heavy (non-hydrogen) atoms. The first-order chi connectivity index (χ1) is 12.5. The Bertz CT molecular complexity index is 795. The molecular formula is C21H26N4O. The molecule has 0 saturated carbocycles. The van der Waals surface area contributed by atoms with Gasteiger partial charge in [0.05, 0.1) is 11.5 Å². The molecule has 1 amide bonds. The lowest BCUT2D eigenvalue weighted by molar-refractivity contribution is -0.135. The number of aromatic nitrogens is 2. The summed E-state index contributed by atoms with van der Waals surface area (Å²) in [5, 5.41) is 9.81. The van der Waals surface area contributed by atoms with Gasteiger partial charge >= 0.3 is 0 Å². The fraction of sp³-hybridized carbons (Fsp3) is 0.476. The third-order valence-corrected chi connectivity index (χ3v) is 5.46. The molecule has 0 aliphatic carbocycles. The molecule has 1 saturated heterocycles. The monoisotopic (exact) mass is 350 g/mol. The average molecular weight is 350 g/mol. The fourth-order valence-corrected chi connectivity index (χ4v) is 3.81. The summed E-state index contributed by atoms with van der Waals surface area (Å²) in [6.45, 7) is 7.31. The van der Waals surface area contributed by atoms with Crippen LogP contribution in [-0.2, 0) is 10.2 Å². The second-order valence-corrected chi connectivity index (χ2v) is 7.41. The minimum Gasteiger partial charge on any atom is -0.341 e. The summed E-state index contributed by atoms with van der Waals surface area (Å²) in [5.41, 5.74) is 0.568. The Balaban J connectivity index is 1.72. The second kappa shape index (κ2) is 7.33. The Labute approximate surface area is 155 Å². The Hall–Kier alpha value is -2.61. The summed E-state index contributed by atoms with van der Waals surface area (Å²) in [6, 6.07) is 12.2. The number of benzene rings is 1. The number of likely N-dealkylation sites (tertiary alicyclic amines) is 1. The molecule has 5 nitrogen and oxygen atoms in total. The van der Waals surface area contributed by atoms with Gasteiger partial charge in [-0.1, -0.05) is 44.2 Å². The van der Waals surface area contributed by atoms with E-state index in [4.69, 9.17) is 0 Å². The van der Waals surface area contributed by atoms with Crippen LogP contribution in [0.25, 0.3) is 0 Å². The van der Waals surface area contributed by atoms with Gasteiger partial charge in [-0.25, -0.2) is 4.98 Å². The lowest BCUT2D eigenvalue weighted by Crippen LogP contribution is -2.46. The van der Waals surface area contributed by atoms with Crippen molar-refractivity contribution in [1.29, 1.82) is 5.26 Å². The van der Waals surface area contributed by atoms with Gasteiger partial charge < -0.3 is 9.47 Å². The predicted octanol–water partition coefficient (Wildman–Crippen LogP) is 3.65. The van der Waals surface area contributed by atoms with Gasteiger partial charge in [-0.3, -0.25) is 4.79 Å². The molecular weight excluding hydrogens is 324 g/mol. The SMILES string of the molecule is CC(C)c1nccn1C(C)C(=O)N1CCC(C#N)(c2ccccc2)CC1. The van der Waals surface area contributed by atoms with Crippen molar-refractivity contribution >= 4 is 5.91 Å². The molecule has 0 N–H and O–H groups in total. The highest BCUT2D eigenvalue weighted by Crippen LogP contribution is 2.35. The molecule has 5 heteroatoms. The normalized spacial score (nSPS) is 17.7. The highest BCUT2D eigenvalue weighted by molar-refractivity contribution is 5.80. The van der Waals surface area contributed by atoms with E-state index in [0.717, 1.165) is 11.4 Å². The van der Waals surface area contributed by atoms with Crippen molar-refractivity contribution in [2.24, 2.45) is 0 Å². The topological polar surface area (TPSA) is 61.9 Å². The van der Waals surface area contributed by atoms with E-state index in [0.29, 0.717) is 25.9 Å². The van der Waals surface area contributed by atoms with Gasteiger partial charge in [-0.05, 0) is 25.3 Å². The maximum absolute atomic E-state index is 13.0. The third-order valence-electron chi connectivity index (χ3n) is 5.46. The van der Waals surface area contributed by atoms with Crippen LogP contribution in [0.5, 0.6) is 0 Å². The second-order valence-electron chi connectivity index (χ2n) is 7.41. The minimum absolute atomic E-state index is 0.101. The Morgan fingerprint density at radius 2 is 1.85 bits per heavy atom. The molecule has 1 unspecified atom stereocenters. The summed E-state index contributed by atoms with van der Waals surface area (Å²) in [5.74, 6) is 1.30. The maximum Gasteiger partial charge on any atom is 0.245 e. The highest BCUT2D eigenvalue weighted by Gasteiger charge is 2.38. The van der Waals surface area contributed by atoms with Crippen molar-refractivity contribution in [1.82, 2.24) is 14.5 Å². The number of nitrogens with zero attached hydrogens (tertiary/aromatic N) is 4. The van der Waals surface area contributed by atoms with Gasteiger partial charge in [-0.15, -0.1) is 0 Å². The van der Waals surface area contributed by atoms with Crippen LogP contribution in [0, 0.1) is 11.3 Å². The first kappa shape index (κ1) is 18.2. The molecule has 2 aromatic rings. The summed E-state index contributed by atoms with van der Waals surface area (Å²) < 4.78 is 1.97. The molecule has 0 radical (unpaired) electrons. The Morgan fingerprint density at radius 1 is 1.19 bits per heavy atom. The van der Waals surface area contributed by atoms with Crippen LogP contribution >= 0.6 is 0 Å². The van der Waals surface area contributed by atoms with E-state index in [9.17, 15) is 10.1 Å². The quantitative estimate of drug-likeness (QED) is 0.845. The van der Waals surface area contributed by atoms with Crippen molar-refractivity contribution in [2.75, 3.05) is 13.1 Å². The van der Waals surface area contributed by atoms with Gasteiger partial charge in [0.1, 0.15) is 11.9 Å². The van der Waals surface area contributed by atoms with E-state index >= 15 is 0 Å².